The van der Waals surface area contributed by atoms with Crippen LogP contribution in [0.3, 0.4) is 0 Å². The van der Waals surface area contributed by atoms with Gasteiger partial charge in [-0.25, -0.2) is 15.0 Å². The first-order valence-corrected chi connectivity index (χ1v) is 20.5. The van der Waals surface area contributed by atoms with Gasteiger partial charge >= 0.3 is 0 Å². The largest absolute Gasteiger partial charge is 0.309 e. The number of hydrogen-bond donors (Lipinski definition) is 0. The van der Waals surface area contributed by atoms with Crippen LogP contribution in [0.4, 0.5) is 0 Å². The third-order valence-corrected chi connectivity index (χ3v) is 13.2. The molecule has 8 aromatic carbocycles. The highest BCUT2D eigenvalue weighted by Crippen LogP contribution is 2.50. The van der Waals surface area contributed by atoms with E-state index in [1.54, 1.807) is 11.3 Å². The molecule has 3 heterocycles. The lowest BCUT2D eigenvalue weighted by atomic mass is 9.82. The quantitative estimate of drug-likeness (QED) is 0.175. The van der Waals surface area contributed by atoms with E-state index in [-0.39, 0.29) is 28.9 Å². The number of rotatable bonds is 5. The maximum absolute atomic E-state index is 9.05. The van der Waals surface area contributed by atoms with Gasteiger partial charge in [0, 0.05) is 58.7 Å². The van der Waals surface area contributed by atoms with Crippen molar-refractivity contribution in [1.82, 2.24) is 19.5 Å². The predicted octanol–water partition coefficient (Wildman–Crippen LogP) is 14.3. The molecule has 5 heteroatoms. The second kappa shape index (κ2) is 12.9. The van der Waals surface area contributed by atoms with Crippen LogP contribution in [-0.2, 0) is 5.41 Å². The van der Waals surface area contributed by atoms with E-state index in [0.717, 1.165) is 81.0 Å². The van der Waals surface area contributed by atoms with Gasteiger partial charge in [-0.05, 0) is 75.8 Å². The molecule has 12 rings (SSSR count). The van der Waals surface area contributed by atoms with Crippen molar-refractivity contribution in [2.75, 3.05) is 0 Å². The Morgan fingerprint density at radius 1 is 0.475 bits per heavy atom. The van der Waals surface area contributed by atoms with E-state index in [0.29, 0.717) is 11.6 Å². The van der Waals surface area contributed by atoms with Gasteiger partial charge in [0.25, 0.3) is 0 Å². The van der Waals surface area contributed by atoms with Crippen molar-refractivity contribution >= 4 is 53.3 Å². The molecule has 0 fully saturated rings. The molecular formula is C54H36N4S. The second-order valence-electron chi connectivity index (χ2n) is 15.7. The van der Waals surface area contributed by atoms with Gasteiger partial charge in [0.15, 0.2) is 17.5 Å². The molecule has 0 N–H and O–H groups in total. The van der Waals surface area contributed by atoms with Gasteiger partial charge < -0.3 is 4.57 Å². The third kappa shape index (κ3) is 5.25. The smallest absolute Gasteiger partial charge is 0.165 e. The minimum Gasteiger partial charge on any atom is -0.309 e. The first-order valence-electron chi connectivity index (χ1n) is 22.2. The lowest BCUT2D eigenvalue weighted by Crippen LogP contribution is -2.15. The summed E-state index contributed by atoms with van der Waals surface area (Å²) < 4.78 is 48.1. The molecule has 278 valence electrons. The van der Waals surface area contributed by atoms with Crippen LogP contribution < -0.4 is 0 Å². The summed E-state index contributed by atoms with van der Waals surface area (Å²) in [6, 6.07) is 50.8. The van der Waals surface area contributed by atoms with Gasteiger partial charge in [-0.1, -0.05) is 153 Å². The number of aromatic nitrogens is 4. The van der Waals surface area contributed by atoms with E-state index in [1.165, 1.54) is 11.1 Å². The van der Waals surface area contributed by atoms with Crippen molar-refractivity contribution in [2.45, 2.75) is 19.3 Å². The Morgan fingerprint density at radius 3 is 1.90 bits per heavy atom. The Labute approximate surface area is 352 Å². The minimum atomic E-state index is -0.477. The van der Waals surface area contributed by atoms with Crippen LogP contribution >= 0.6 is 11.3 Å². The molecule has 1 aliphatic carbocycles. The molecule has 59 heavy (non-hydrogen) atoms. The normalized spacial score (nSPS) is 14.2. The van der Waals surface area contributed by atoms with Crippen molar-refractivity contribution in [2.24, 2.45) is 0 Å². The molecule has 0 aliphatic heterocycles. The topological polar surface area (TPSA) is 43.6 Å². The highest BCUT2D eigenvalue weighted by Gasteiger charge is 2.35. The van der Waals surface area contributed by atoms with Crippen molar-refractivity contribution in [3.05, 3.63) is 193 Å². The zero-order valence-electron chi connectivity index (χ0n) is 37.1. The van der Waals surface area contributed by atoms with E-state index < -0.39 is 18.1 Å². The van der Waals surface area contributed by atoms with Crippen LogP contribution in [0.1, 0.15) is 31.8 Å². The fourth-order valence-corrected chi connectivity index (χ4v) is 10.3. The van der Waals surface area contributed by atoms with Crippen molar-refractivity contribution in [1.29, 1.82) is 0 Å². The predicted molar refractivity (Wildman–Crippen MR) is 246 cm³/mol. The standard InChI is InChI=1S/C54H36N4S/c1-54(2)45-22-12-9-19-38(45)39-27-25-36(30-46(39)54)52-55-51(34-17-7-4-8-18-34)56-53(57-52)44-32-37(58-47-23-13-10-20-40(47)41-21-11-14-24-48(41)58)31-43-42-29-35(33-15-5-3-6-16-33)26-28-49(42)59-50(43)44/h3-32H,1-2H3/i4D,7D,8D,17D,18D. The SMILES string of the molecule is [2H]c1c([2H])c([2H])c(-c2nc(-c3ccc4c(c3)C(C)(C)c3ccccc3-4)nc(-c3cc(-n4c5ccccc5c5ccccc54)cc4c3sc3ccc(-c5ccccc5)cc34)n2)c([2H])c1[2H]. The molecule has 0 saturated carbocycles. The number of hydrogen-bond acceptors (Lipinski definition) is 4. The number of thiophene rings is 1. The summed E-state index contributed by atoms with van der Waals surface area (Å²) in [5.74, 6) is 0.671. The van der Waals surface area contributed by atoms with E-state index in [9.17, 15) is 0 Å². The first kappa shape index (κ1) is 29.1. The van der Waals surface area contributed by atoms with Crippen molar-refractivity contribution in [3.63, 3.8) is 0 Å². The summed E-state index contributed by atoms with van der Waals surface area (Å²) in [6.45, 7) is 4.44. The number of para-hydroxylation sites is 2. The van der Waals surface area contributed by atoms with E-state index in [1.807, 2.05) is 12.1 Å². The summed E-state index contributed by atoms with van der Waals surface area (Å²) in [7, 11) is 0. The summed E-state index contributed by atoms with van der Waals surface area (Å²) in [5.41, 5.74) is 11.0. The Hall–Kier alpha value is -7.21. The minimum absolute atomic E-state index is 0.00272. The van der Waals surface area contributed by atoms with Gasteiger partial charge in [-0.3, -0.25) is 0 Å². The first-order chi connectivity index (χ1) is 31.1. The van der Waals surface area contributed by atoms with E-state index >= 15 is 0 Å². The molecule has 0 atom stereocenters. The van der Waals surface area contributed by atoms with Crippen LogP contribution in [0.5, 0.6) is 0 Å². The lowest BCUT2D eigenvalue weighted by molar-refractivity contribution is 0.660. The van der Waals surface area contributed by atoms with Crippen LogP contribution in [0.25, 0.3) is 104 Å². The summed E-state index contributed by atoms with van der Waals surface area (Å²) in [4.78, 5) is 15.4. The second-order valence-corrected chi connectivity index (χ2v) is 16.7. The van der Waals surface area contributed by atoms with Gasteiger partial charge in [-0.2, -0.15) is 0 Å². The molecule has 0 amide bonds. The average molecular weight is 778 g/mol. The molecule has 11 aromatic rings. The molecular weight excluding hydrogens is 737 g/mol. The van der Waals surface area contributed by atoms with Crippen LogP contribution in [0, 0.1) is 0 Å². The molecule has 0 radical (unpaired) electrons. The number of nitrogens with zero attached hydrogens (tertiary/aromatic N) is 4. The molecule has 0 spiro atoms. The van der Waals surface area contributed by atoms with E-state index in [4.69, 9.17) is 21.8 Å². The Balaban J connectivity index is 1.18. The van der Waals surface area contributed by atoms with Crippen molar-refractivity contribution in [3.8, 4) is 62.1 Å². The molecule has 0 saturated heterocycles. The highest BCUT2D eigenvalue weighted by atomic mass is 32.1. The van der Waals surface area contributed by atoms with E-state index in [2.05, 4.69) is 158 Å². The average Bonchev–Trinajstić information content (AvgIpc) is 3.95. The zero-order valence-corrected chi connectivity index (χ0v) is 32.9. The van der Waals surface area contributed by atoms with Gasteiger partial charge in [0.05, 0.1) is 17.9 Å². The third-order valence-electron chi connectivity index (χ3n) is 11.9. The molecule has 0 unspecified atom stereocenters. The monoisotopic (exact) mass is 777 g/mol. The lowest BCUT2D eigenvalue weighted by Gasteiger charge is -2.21. The Kier molecular flexibility index (Phi) is 6.36. The van der Waals surface area contributed by atoms with Crippen LogP contribution in [0.15, 0.2) is 182 Å². The Morgan fingerprint density at radius 2 is 1.12 bits per heavy atom. The summed E-state index contributed by atoms with van der Waals surface area (Å²) >= 11 is 1.66. The van der Waals surface area contributed by atoms with Crippen molar-refractivity contribution < 1.29 is 6.85 Å². The van der Waals surface area contributed by atoms with Gasteiger partial charge in [0.1, 0.15) is 0 Å². The molecule has 0 bridgehead atoms. The zero-order chi connectivity index (χ0) is 43.6. The number of benzene rings is 8. The molecule has 3 aromatic heterocycles. The summed E-state index contributed by atoms with van der Waals surface area (Å²) in [6.07, 6.45) is 0. The van der Waals surface area contributed by atoms with Gasteiger partial charge in [0.2, 0.25) is 0 Å². The maximum atomic E-state index is 9.05. The molecule has 4 nitrogen and oxygen atoms in total. The number of fused-ring (bicyclic) bond motifs is 9. The van der Waals surface area contributed by atoms with Crippen LogP contribution in [0.2, 0.25) is 0 Å². The Bertz CT molecular complexity index is 3700. The van der Waals surface area contributed by atoms with Crippen LogP contribution in [-0.4, -0.2) is 19.5 Å². The molecule has 1 aliphatic rings. The maximum Gasteiger partial charge on any atom is 0.165 e. The fraction of sp³-hybridized carbons (Fsp3) is 0.0556. The highest BCUT2D eigenvalue weighted by molar-refractivity contribution is 7.26. The summed E-state index contributed by atoms with van der Waals surface area (Å²) in [5, 5.41) is 4.38. The van der Waals surface area contributed by atoms with Gasteiger partial charge in [-0.15, -0.1) is 11.3 Å². The fourth-order valence-electron chi connectivity index (χ4n) is 9.11.